The molecule has 0 fully saturated rings. The summed E-state index contributed by atoms with van der Waals surface area (Å²) in [7, 11) is 1.85. The first-order valence-corrected chi connectivity index (χ1v) is 5.55. The summed E-state index contributed by atoms with van der Waals surface area (Å²) in [4.78, 5) is 11.5. The van der Waals surface area contributed by atoms with Gasteiger partial charge in [0.2, 0.25) is 0 Å². The van der Waals surface area contributed by atoms with Crippen LogP contribution in [0.25, 0.3) is 0 Å². The summed E-state index contributed by atoms with van der Waals surface area (Å²) in [6.07, 6.45) is 0.305. The van der Waals surface area contributed by atoms with E-state index < -0.39 is 0 Å². The largest absolute Gasteiger partial charge is 0.463 e. The van der Waals surface area contributed by atoms with Crippen LogP contribution in [0.4, 0.5) is 0 Å². The Balaban J connectivity index is 2.59. The molecule has 3 heteroatoms. The number of esters is 1. The number of carbonyl (C=O) groups is 1. The molecule has 0 saturated heterocycles. The summed E-state index contributed by atoms with van der Waals surface area (Å²) in [6, 6.07) is 9.92. The number of carbonyl (C=O) groups excluding carboxylic acids is 1. The zero-order chi connectivity index (χ0) is 12.0. The Bertz CT molecular complexity index is 322. The molecule has 0 aliphatic heterocycles. The van der Waals surface area contributed by atoms with E-state index in [4.69, 9.17) is 4.74 Å². The molecule has 1 rings (SSSR count). The van der Waals surface area contributed by atoms with Gasteiger partial charge in [-0.2, -0.15) is 0 Å². The minimum atomic E-state index is -0.168. The van der Waals surface area contributed by atoms with E-state index >= 15 is 0 Å². The van der Waals surface area contributed by atoms with E-state index in [-0.39, 0.29) is 18.1 Å². The van der Waals surface area contributed by atoms with Crippen molar-refractivity contribution in [3.63, 3.8) is 0 Å². The molecule has 0 aliphatic rings. The number of nitrogens with one attached hydrogen (secondary N) is 1. The number of benzene rings is 1. The molecule has 88 valence electrons. The van der Waals surface area contributed by atoms with Crippen LogP contribution in [0, 0.1) is 0 Å². The Kier molecular flexibility index (Phi) is 4.99. The second-order valence-corrected chi connectivity index (χ2v) is 3.99. The van der Waals surface area contributed by atoms with Gasteiger partial charge in [-0.15, -0.1) is 0 Å². The van der Waals surface area contributed by atoms with Crippen molar-refractivity contribution >= 4 is 5.97 Å². The van der Waals surface area contributed by atoms with Crippen LogP contribution in [0.2, 0.25) is 0 Å². The molecule has 1 aromatic carbocycles. The molecule has 1 atom stereocenters. The van der Waals surface area contributed by atoms with E-state index in [1.807, 2.05) is 51.2 Å². The summed E-state index contributed by atoms with van der Waals surface area (Å²) in [5, 5.41) is 3.12. The third-order valence-electron chi connectivity index (χ3n) is 2.29. The predicted molar refractivity (Wildman–Crippen MR) is 64.1 cm³/mol. The predicted octanol–water partition coefficient (Wildman–Crippen LogP) is 2.29. The molecule has 1 N–H and O–H groups in total. The minimum absolute atomic E-state index is 0.0208. The standard InChI is InChI=1S/C13H19NO2/c1-10(2)16-13(15)9-12(14-3)11-7-5-4-6-8-11/h4-8,10,12,14H,9H2,1-3H3. The van der Waals surface area contributed by atoms with Gasteiger partial charge in [-0.3, -0.25) is 4.79 Å². The second-order valence-electron chi connectivity index (χ2n) is 3.99. The van der Waals surface area contributed by atoms with Gasteiger partial charge in [0.1, 0.15) is 0 Å². The average Bonchev–Trinajstić information content (AvgIpc) is 2.26. The molecule has 0 amide bonds. The zero-order valence-electron chi connectivity index (χ0n) is 10.1. The van der Waals surface area contributed by atoms with Gasteiger partial charge in [-0.1, -0.05) is 30.3 Å². The van der Waals surface area contributed by atoms with Gasteiger partial charge in [0, 0.05) is 6.04 Å². The Hall–Kier alpha value is -1.35. The molecular formula is C13H19NO2. The smallest absolute Gasteiger partial charge is 0.307 e. The maximum Gasteiger partial charge on any atom is 0.307 e. The lowest BCUT2D eigenvalue weighted by Gasteiger charge is -2.16. The van der Waals surface area contributed by atoms with Crippen LogP contribution in [-0.4, -0.2) is 19.1 Å². The molecule has 3 nitrogen and oxygen atoms in total. The molecule has 1 aromatic rings. The van der Waals surface area contributed by atoms with Crippen LogP contribution < -0.4 is 5.32 Å². The normalized spacial score (nSPS) is 12.5. The van der Waals surface area contributed by atoms with Crippen LogP contribution >= 0.6 is 0 Å². The van der Waals surface area contributed by atoms with Crippen molar-refractivity contribution in [3.05, 3.63) is 35.9 Å². The highest BCUT2D eigenvalue weighted by Gasteiger charge is 2.15. The molecule has 0 aromatic heterocycles. The van der Waals surface area contributed by atoms with E-state index in [0.717, 1.165) is 5.56 Å². The van der Waals surface area contributed by atoms with Crippen molar-refractivity contribution < 1.29 is 9.53 Å². The lowest BCUT2D eigenvalue weighted by atomic mass is 10.0. The Labute approximate surface area is 96.8 Å². The Morgan fingerprint density at radius 2 is 1.94 bits per heavy atom. The topological polar surface area (TPSA) is 38.3 Å². The van der Waals surface area contributed by atoms with Gasteiger partial charge >= 0.3 is 5.97 Å². The molecule has 0 radical (unpaired) electrons. The first-order chi connectivity index (χ1) is 7.63. The zero-order valence-corrected chi connectivity index (χ0v) is 10.1. The van der Waals surface area contributed by atoms with Crippen molar-refractivity contribution in [1.29, 1.82) is 0 Å². The number of ether oxygens (including phenoxy) is 1. The molecule has 0 saturated carbocycles. The maximum absolute atomic E-state index is 11.5. The highest BCUT2D eigenvalue weighted by Crippen LogP contribution is 2.16. The quantitative estimate of drug-likeness (QED) is 0.775. The van der Waals surface area contributed by atoms with E-state index in [1.165, 1.54) is 0 Å². The van der Waals surface area contributed by atoms with Crippen molar-refractivity contribution in [2.24, 2.45) is 0 Å². The Morgan fingerprint density at radius 1 is 1.31 bits per heavy atom. The van der Waals surface area contributed by atoms with Crippen LogP contribution in [0.3, 0.4) is 0 Å². The Morgan fingerprint density at radius 3 is 2.44 bits per heavy atom. The first-order valence-electron chi connectivity index (χ1n) is 5.55. The van der Waals surface area contributed by atoms with Gasteiger partial charge in [0.05, 0.1) is 12.5 Å². The monoisotopic (exact) mass is 221 g/mol. The lowest BCUT2D eigenvalue weighted by molar-refractivity contribution is -0.148. The third kappa shape index (κ3) is 4.03. The average molecular weight is 221 g/mol. The highest BCUT2D eigenvalue weighted by atomic mass is 16.5. The fraction of sp³-hybridized carbons (Fsp3) is 0.462. The van der Waals surface area contributed by atoms with Crippen LogP contribution in [0.15, 0.2) is 30.3 Å². The van der Waals surface area contributed by atoms with Crippen molar-refractivity contribution in [2.75, 3.05) is 7.05 Å². The maximum atomic E-state index is 11.5. The van der Waals surface area contributed by atoms with Crippen LogP contribution in [0.5, 0.6) is 0 Å². The second kappa shape index (κ2) is 6.28. The third-order valence-corrected chi connectivity index (χ3v) is 2.29. The fourth-order valence-corrected chi connectivity index (χ4v) is 1.55. The molecule has 0 bridgehead atoms. The number of rotatable bonds is 5. The van der Waals surface area contributed by atoms with E-state index in [9.17, 15) is 4.79 Å². The summed E-state index contributed by atoms with van der Waals surface area (Å²) >= 11 is 0. The first kappa shape index (κ1) is 12.7. The summed E-state index contributed by atoms with van der Waals surface area (Å²) in [6.45, 7) is 3.71. The molecule has 0 heterocycles. The van der Waals surface area contributed by atoms with Gasteiger partial charge in [-0.25, -0.2) is 0 Å². The molecule has 1 unspecified atom stereocenters. The molecule has 0 aliphatic carbocycles. The van der Waals surface area contributed by atoms with E-state index in [2.05, 4.69) is 5.32 Å². The van der Waals surface area contributed by atoms with Crippen LogP contribution in [-0.2, 0) is 9.53 Å². The van der Waals surface area contributed by atoms with Crippen molar-refractivity contribution in [2.45, 2.75) is 32.4 Å². The fourth-order valence-electron chi connectivity index (χ4n) is 1.55. The minimum Gasteiger partial charge on any atom is -0.463 e. The van der Waals surface area contributed by atoms with Gasteiger partial charge in [-0.05, 0) is 26.5 Å². The number of hydrogen-bond acceptors (Lipinski definition) is 3. The van der Waals surface area contributed by atoms with E-state index in [1.54, 1.807) is 0 Å². The number of hydrogen-bond donors (Lipinski definition) is 1. The van der Waals surface area contributed by atoms with Crippen molar-refractivity contribution in [3.8, 4) is 0 Å². The highest BCUT2D eigenvalue weighted by molar-refractivity contribution is 5.70. The molecular weight excluding hydrogens is 202 g/mol. The summed E-state index contributed by atoms with van der Waals surface area (Å²) in [5.41, 5.74) is 1.10. The van der Waals surface area contributed by atoms with Crippen molar-refractivity contribution in [1.82, 2.24) is 5.32 Å². The van der Waals surface area contributed by atoms with Crippen LogP contribution in [0.1, 0.15) is 31.9 Å². The van der Waals surface area contributed by atoms with Gasteiger partial charge in [0.25, 0.3) is 0 Å². The lowest BCUT2D eigenvalue weighted by Crippen LogP contribution is -2.22. The molecule has 0 spiro atoms. The van der Waals surface area contributed by atoms with E-state index in [0.29, 0.717) is 6.42 Å². The van der Waals surface area contributed by atoms with Gasteiger partial charge in [0.15, 0.2) is 0 Å². The summed E-state index contributed by atoms with van der Waals surface area (Å²) < 4.78 is 5.13. The molecule has 16 heavy (non-hydrogen) atoms. The van der Waals surface area contributed by atoms with Gasteiger partial charge < -0.3 is 10.1 Å². The SMILES string of the molecule is CNC(CC(=O)OC(C)C)c1ccccc1. The summed E-state index contributed by atoms with van der Waals surface area (Å²) in [5.74, 6) is -0.168.